The zero-order chi connectivity index (χ0) is 8.49. The van der Waals surface area contributed by atoms with Gasteiger partial charge in [0.05, 0.1) is 0 Å². The highest BCUT2D eigenvalue weighted by Gasteiger charge is 1.87. The maximum Gasteiger partial charge on any atom is 0.00887 e. The second-order valence-electron chi connectivity index (χ2n) is 3.32. The van der Waals surface area contributed by atoms with E-state index in [1.165, 1.54) is 38.5 Å². The maximum atomic E-state index is 3.23. The lowest BCUT2D eigenvalue weighted by Gasteiger charge is -1.95. The molecule has 0 spiro atoms. The van der Waals surface area contributed by atoms with Crippen molar-refractivity contribution in [1.29, 1.82) is 0 Å². The molecule has 0 amide bonds. The highest BCUT2D eigenvalue weighted by molar-refractivity contribution is 4.99. The van der Waals surface area contributed by atoms with Gasteiger partial charge in [0.15, 0.2) is 0 Å². The van der Waals surface area contributed by atoms with E-state index in [1.807, 2.05) is 0 Å². The van der Waals surface area contributed by atoms with Gasteiger partial charge in [-0.3, -0.25) is 0 Å². The lowest BCUT2D eigenvalue weighted by molar-refractivity contribution is 0.745. The molecule has 0 saturated carbocycles. The Labute approximate surface area is 76.1 Å². The Morgan fingerprint density at radius 2 is 1.17 bits per heavy atom. The Morgan fingerprint density at radius 1 is 0.667 bits per heavy atom. The lowest BCUT2D eigenvalue weighted by atomic mass is 10.1. The normalized spacial score (nSPS) is 22.7. The molecule has 0 aliphatic heterocycles. The Hall–Kier alpha value is -0.700. The van der Waals surface area contributed by atoms with E-state index in [0.29, 0.717) is 0 Å². The number of allylic oxidation sites excluding steroid dienone is 2. The average Bonchev–Trinajstić information content (AvgIpc) is 2.05. The van der Waals surface area contributed by atoms with Gasteiger partial charge in [0.25, 0.3) is 0 Å². The predicted molar refractivity (Wildman–Crippen MR) is 53.9 cm³/mol. The zero-order valence-electron chi connectivity index (χ0n) is 7.81. The van der Waals surface area contributed by atoms with E-state index >= 15 is 0 Å². The molecule has 0 unspecified atom stereocenters. The Kier molecular flexibility index (Phi) is 5.46. The third kappa shape index (κ3) is 5.02. The van der Waals surface area contributed by atoms with Crippen molar-refractivity contribution >= 4 is 0 Å². The third-order valence-electron chi connectivity index (χ3n) is 2.14. The van der Waals surface area contributed by atoms with Crippen molar-refractivity contribution in [3.05, 3.63) is 12.2 Å². The molecule has 0 aromatic rings. The summed E-state index contributed by atoms with van der Waals surface area (Å²) in [5, 5.41) is 0. The highest BCUT2D eigenvalue weighted by Crippen LogP contribution is 2.05. The summed E-state index contributed by atoms with van der Waals surface area (Å²) >= 11 is 0. The van der Waals surface area contributed by atoms with Crippen LogP contribution in [0, 0.1) is 11.8 Å². The molecule has 0 aromatic carbocycles. The SMILES string of the molecule is C1#CCCCC/C=C\CCCC1. The molecular weight excluding hydrogens is 144 g/mol. The van der Waals surface area contributed by atoms with E-state index in [2.05, 4.69) is 24.0 Å². The smallest absolute Gasteiger partial charge is 0.00887 e. The Morgan fingerprint density at radius 3 is 1.67 bits per heavy atom. The summed E-state index contributed by atoms with van der Waals surface area (Å²) in [4.78, 5) is 0. The summed E-state index contributed by atoms with van der Waals surface area (Å²) in [6.07, 6.45) is 14.5. The van der Waals surface area contributed by atoms with E-state index < -0.39 is 0 Å². The molecule has 1 rings (SSSR count). The summed E-state index contributed by atoms with van der Waals surface area (Å²) in [7, 11) is 0. The minimum Gasteiger partial charge on any atom is -0.103 e. The van der Waals surface area contributed by atoms with Gasteiger partial charge in [0.2, 0.25) is 0 Å². The molecule has 0 radical (unpaired) electrons. The molecule has 66 valence electrons. The first-order valence-corrected chi connectivity index (χ1v) is 5.11. The van der Waals surface area contributed by atoms with Gasteiger partial charge in [0.1, 0.15) is 0 Å². The van der Waals surface area contributed by atoms with E-state index in [4.69, 9.17) is 0 Å². The van der Waals surface area contributed by atoms with Crippen LogP contribution in [0.1, 0.15) is 51.4 Å². The highest BCUT2D eigenvalue weighted by atomic mass is 13.9. The molecule has 1 aliphatic rings. The van der Waals surface area contributed by atoms with Crippen LogP contribution < -0.4 is 0 Å². The molecular formula is C12H18. The third-order valence-corrected chi connectivity index (χ3v) is 2.14. The van der Waals surface area contributed by atoms with Crippen LogP contribution in [0.5, 0.6) is 0 Å². The molecule has 0 atom stereocenters. The maximum absolute atomic E-state index is 3.23. The molecule has 1 aliphatic carbocycles. The van der Waals surface area contributed by atoms with Crippen molar-refractivity contribution in [2.75, 3.05) is 0 Å². The molecule has 0 heteroatoms. The van der Waals surface area contributed by atoms with Crippen LogP contribution in [0.15, 0.2) is 12.2 Å². The van der Waals surface area contributed by atoms with Crippen LogP contribution in [-0.4, -0.2) is 0 Å². The van der Waals surface area contributed by atoms with Crippen molar-refractivity contribution < 1.29 is 0 Å². The number of hydrogen-bond donors (Lipinski definition) is 0. The summed E-state index contributed by atoms with van der Waals surface area (Å²) in [6.45, 7) is 0. The van der Waals surface area contributed by atoms with Crippen LogP contribution in [0.3, 0.4) is 0 Å². The summed E-state index contributed by atoms with van der Waals surface area (Å²) in [5.41, 5.74) is 0. The van der Waals surface area contributed by atoms with Gasteiger partial charge in [0, 0.05) is 12.8 Å². The van der Waals surface area contributed by atoms with Gasteiger partial charge < -0.3 is 0 Å². The average molecular weight is 162 g/mol. The summed E-state index contributed by atoms with van der Waals surface area (Å²) in [6, 6.07) is 0. The van der Waals surface area contributed by atoms with E-state index in [9.17, 15) is 0 Å². The molecule has 0 nitrogen and oxygen atoms in total. The van der Waals surface area contributed by atoms with Gasteiger partial charge in [-0.1, -0.05) is 12.2 Å². The number of hydrogen-bond acceptors (Lipinski definition) is 0. The van der Waals surface area contributed by atoms with Crippen molar-refractivity contribution in [2.24, 2.45) is 0 Å². The quantitative estimate of drug-likeness (QED) is 0.376. The van der Waals surface area contributed by atoms with Crippen LogP contribution >= 0.6 is 0 Å². The molecule has 12 heavy (non-hydrogen) atoms. The molecule has 0 heterocycles. The van der Waals surface area contributed by atoms with Gasteiger partial charge in [-0.25, -0.2) is 0 Å². The largest absolute Gasteiger partial charge is 0.103 e. The molecule has 0 saturated heterocycles. The fourth-order valence-electron chi connectivity index (χ4n) is 1.36. The van der Waals surface area contributed by atoms with Crippen molar-refractivity contribution in [1.82, 2.24) is 0 Å². The Bertz CT molecular complexity index is 160. The minimum atomic E-state index is 1.10. The van der Waals surface area contributed by atoms with Gasteiger partial charge in [-0.05, 0) is 38.5 Å². The van der Waals surface area contributed by atoms with Gasteiger partial charge in [-0.2, -0.15) is 0 Å². The van der Waals surface area contributed by atoms with Crippen molar-refractivity contribution in [3.63, 3.8) is 0 Å². The Balaban J connectivity index is 2.22. The van der Waals surface area contributed by atoms with Crippen LogP contribution in [0.4, 0.5) is 0 Å². The van der Waals surface area contributed by atoms with E-state index in [-0.39, 0.29) is 0 Å². The van der Waals surface area contributed by atoms with Gasteiger partial charge >= 0.3 is 0 Å². The predicted octanol–water partition coefficient (Wildman–Crippen LogP) is 3.68. The van der Waals surface area contributed by atoms with Gasteiger partial charge in [-0.15, -0.1) is 11.8 Å². The second-order valence-corrected chi connectivity index (χ2v) is 3.32. The zero-order valence-corrected chi connectivity index (χ0v) is 7.81. The first-order valence-electron chi connectivity index (χ1n) is 5.11. The molecule has 0 fully saturated rings. The lowest BCUT2D eigenvalue weighted by Crippen LogP contribution is -1.77. The monoisotopic (exact) mass is 162 g/mol. The summed E-state index contributed by atoms with van der Waals surface area (Å²) < 4.78 is 0. The van der Waals surface area contributed by atoms with Crippen molar-refractivity contribution in [3.8, 4) is 11.8 Å². The van der Waals surface area contributed by atoms with E-state index in [0.717, 1.165) is 12.8 Å². The van der Waals surface area contributed by atoms with Crippen molar-refractivity contribution in [2.45, 2.75) is 51.4 Å². The van der Waals surface area contributed by atoms with Crippen LogP contribution in [0.25, 0.3) is 0 Å². The van der Waals surface area contributed by atoms with Crippen LogP contribution in [-0.2, 0) is 0 Å². The second kappa shape index (κ2) is 6.98. The fourth-order valence-corrected chi connectivity index (χ4v) is 1.36. The topological polar surface area (TPSA) is 0 Å². The fraction of sp³-hybridized carbons (Fsp3) is 0.667. The molecule has 0 bridgehead atoms. The molecule has 0 N–H and O–H groups in total. The first kappa shape index (κ1) is 9.39. The van der Waals surface area contributed by atoms with E-state index in [1.54, 1.807) is 0 Å². The molecule has 0 aromatic heterocycles. The summed E-state index contributed by atoms with van der Waals surface area (Å²) in [5.74, 6) is 6.46. The first-order chi connectivity index (χ1) is 6.00. The standard InChI is InChI=1S/C12H18/c1-2-4-6-8-10-12-11-9-7-5-3-1/h1-2H,3-10H2/b2-1-. The minimum absolute atomic E-state index is 1.10. The number of rotatable bonds is 0. The van der Waals surface area contributed by atoms with Crippen LogP contribution in [0.2, 0.25) is 0 Å².